The van der Waals surface area contributed by atoms with E-state index in [1.54, 1.807) is 6.07 Å². The maximum absolute atomic E-state index is 9.84. The minimum Gasteiger partial charge on any atom is -0.508 e. The van der Waals surface area contributed by atoms with Gasteiger partial charge in [0.2, 0.25) is 0 Å². The average Bonchev–Trinajstić information content (AvgIpc) is 2.47. The highest BCUT2D eigenvalue weighted by Crippen LogP contribution is 2.49. The van der Waals surface area contributed by atoms with E-state index in [9.17, 15) is 5.11 Å². The number of benzene rings is 1. The number of aromatic hydroxyl groups is 1. The fraction of sp³-hybridized carbons (Fsp3) is 0.556. The molecule has 1 N–H and O–H groups in total. The van der Waals surface area contributed by atoms with Gasteiger partial charge >= 0.3 is 0 Å². The summed E-state index contributed by atoms with van der Waals surface area (Å²) in [7, 11) is 0. The van der Waals surface area contributed by atoms with Crippen LogP contribution in [0.4, 0.5) is 0 Å². The Hall–Kier alpha value is -1.28. The number of fused-ring (bicyclic) bond motifs is 1. The Kier molecular flexibility index (Phi) is 3.84. The Bertz CT molecular complexity index is 484. The molecule has 2 nitrogen and oxygen atoms in total. The summed E-state index contributed by atoms with van der Waals surface area (Å²) in [4.78, 5) is 2.53. The van der Waals surface area contributed by atoms with Crippen LogP contribution in [0.25, 0.3) is 0 Å². The quantitative estimate of drug-likeness (QED) is 0.847. The van der Waals surface area contributed by atoms with Crippen LogP contribution in [-0.4, -0.2) is 29.6 Å². The molecule has 2 heteroatoms. The highest BCUT2D eigenvalue weighted by molar-refractivity contribution is 5.35. The standard InChI is InChI=1S/C18H25NO/c1-2-11-19-12-10-18(9-4-3-6-16(18)14-19)15-7-5-8-17(20)13-15/h2,5,7-8,13,16,20H,1,3-4,6,9-12,14H2/t16-,18?/m0/s1. The molecule has 2 aliphatic rings. The second-order valence-corrected chi connectivity index (χ2v) is 6.45. The van der Waals surface area contributed by atoms with Crippen LogP contribution < -0.4 is 0 Å². The van der Waals surface area contributed by atoms with E-state index in [0.717, 1.165) is 19.0 Å². The molecule has 1 aliphatic carbocycles. The Balaban J connectivity index is 1.90. The number of likely N-dealkylation sites (tertiary alicyclic amines) is 1. The van der Waals surface area contributed by atoms with Crippen LogP contribution in [0.15, 0.2) is 36.9 Å². The molecular weight excluding hydrogens is 246 g/mol. The third-order valence-electron chi connectivity index (χ3n) is 5.37. The number of hydrogen-bond acceptors (Lipinski definition) is 2. The number of phenolic OH excluding ortho intramolecular Hbond substituents is 1. The second-order valence-electron chi connectivity index (χ2n) is 6.45. The van der Waals surface area contributed by atoms with Crippen LogP contribution in [0.1, 0.15) is 37.7 Å². The highest BCUT2D eigenvalue weighted by Gasteiger charge is 2.45. The molecule has 3 rings (SSSR count). The van der Waals surface area contributed by atoms with Crippen LogP contribution in [-0.2, 0) is 5.41 Å². The minimum absolute atomic E-state index is 0.300. The maximum atomic E-state index is 9.84. The fourth-order valence-electron chi connectivity index (χ4n) is 4.36. The first-order valence-corrected chi connectivity index (χ1v) is 7.87. The van der Waals surface area contributed by atoms with Crippen molar-refractivity contribution in [3.63, 3.8) is 0 Å². The van der Waals surface area contributed by atoms with E-state index in [0.29, 0.717) is 11.2 Å². The summed E-state index contributed by atoms with van der Waals surface area (Å²) in [5.41, 5.74) is 1.66. The predicted octanol–water partition coefficient (Wildman–Crippen LogP) is 3.71. The van der Waals surface area contributed by atoms with Gasteiger partial charge in [0.05, 0.1) is 0 Å². The molecule has 1 aromatic rings. The van der Waals surface area contributed by atoms with Crippen molar-refractivity contribution in [2.75, 3.05) is 19.6 Å². The van der Waals surface area contributed by atoms with E-state index in [1.165, 1.54) is 44.2 Å². The number of hydrogen-bond donors (Lipinski definition) is 1. The van der Waals surface area contributed by atoms with E-state index in [2.05, 4.69) is 17.5 Å². The lowest BCUT2D eigenvalue weighted by molar-refractivity contribution is 0.0627. The molecular formula is C18H25NO. The number of rotatable bonds is 3. The Morgan fingerprint density at radius 3 is 3.05 bits per heavy atom. The van der Waals surface area contributed by atoms with Crippen LogP contribution in [0, 0.1) is 5.92 Å². The molecule has 2 atom stereocenters. The third-order valence-corrected chi connectivity index (χ3v) is 5.37. The molecule has 108 valence electrons. The molecule has 1 aliphatic heterocycles. The molecule has 0 bridgehead atoms. The number of piperidine rings is 1. The Morgan fingerprint density at radius 1 is 1.35 bits per heavy atom. The maximum Gasteiger partial charge on any atom is 0.115 e. The molecule has 1 saturated carbocycles. The molecule has 1 aromatic carbocycles. The van der Waals surface area contributed by atoms with Crippen LogP contribution >= 0.6 is 0 Å². The van der Waals surface area contributed by atoms with Crippen molar-refractivity contribution < 1.29 is 5.11 Å². The van der Waals surface area contributed by atoms with E-state index >= 15 is 0 Å². The van der Waals surface area contributed by atoms with Crippen molar-refractivity contribution in [2.45, 2.75) is 37.5 Å². The molecule has 1 saturated heterocycles. The molecule has 20 heavy (non-hydrogen) atoms. The number of phenols is 1. The summed E-state index contributed by atoms with van der Waals surface area (Å²) in [5.74, 6) is 1.14. The molecule has 0 amide bonds. The van der Waals surface area contributed by atoms with E-state index in [-0.39, 0.29) is 0 Å². The summed E-state index contributed by atoms with van der Waals surface area (Å²) in [6, 6.07) is 8.01. The van der Waals surface area contributed by atoms with Gasteiger partial charge in [0.15, 0.2) is 0 Å². The van der Waals surface area contributed by atoms with Crippen molar-refractivity contribution in [3.8, 4) is 5.75 Å². The topological polar surface area (TPSA) is 23.5 Å². The van der Waals surface area contributed by atoms with Crippen LogP contribution in [0.5, 0.6) is 5.75 Å². The first-order valence-electron chi connectivity index (χ1n) is 7.87. The number of nitrogens with zero attached hydrogens (tertiary/aromatic N) is 1. The lowest BCUT2D eigenvalue weighted by Crippen LogP contribution is -2.51. The van der Waals surface area contributed by atoms with Crippen LogP contribution in [0.3, 0.4) is 0 Å². The van der Waals surface area contributed by atoms with Gasteiger partial charge in [0, 0.05) is 18.5 Å². The largest absolute Gasteiger partial charge is 0.508 e. The highest BCUT2D eigenvalue weighted by atomic mass is 16.3. The fourth-order valence-corrected chi connectivity index (χ4v) is 4.36. The van der Waals surface area contributed by atoms with Gasteiger partial charge in [-0.15, -0.1) is 6.58 Å². The summed E-state index contributed by atoms with van der Waals surface area (Å²) in [6.45, 7) is 7.21. The van der Waals surface area contributed by atoms with Gasteiger partial charge in [-0.25, -0.2) is 0 Å². The average molecular weight is 271 g/mol. The van der Waals surface area contributed by atoms with E-state index < -0.39 is 0 Å². The summed E-state index contributed by atoms with van der Waals surface area (Å²) in [6.07, 6.45) is 8.52. The zero-order valence-electron chi connectivity index (χ0n) is 12.2. The Morgan fingerprint density at radius 2 is 2.25 bits per heavy atom. The van der Waals surface area contributed by atoms with Gasteiger partial charge in [-0.05, 0) is 49.4 Å². The van der Waals surface area contributed by atoms with Gasteiger partial charge in [-0.2, -0.15) is 0 Å². The van der Waals surface area contributed by atoms with Crippen molar-refractivity contribution in [3.05, 3.63) is 42.5 Å². The molecule has 1 unspecified atom stereocenters. The smallest absolute Gasteiger partial charge is 0.115 e. The SMILES string of the molecule is C=CCN1CCC2(c3cccc(O)c3)CCCC[C@H]2C1. The molecule has 0 spiro atoms. The lowest BCUT2D eigenvalue weighted by atomic mass is 9.59. The summed E-state index contributed by atoms with van der Waals surface area (Å²) < 4.78 is 0. The molecule has 0 aromatic heterocycles. The minimum atomic E-state index is 0.300. The molecule has 0 radical (unpaired) electrons. The van der Waals surface area contributed by atoms with Gasteiger partial charge < -0.3 is 5.11 Å². The zero-order chi connectivity index (χ0) is 14.0. The first-order chi connectivity index (χ1) is 9.74. The zero-order valence-corrected chi connectivity index (χ0v) is 12.2. The Labute approximate surface area is 122 Å². The van der Waals surface area contributed by atoms with Gasteiger partial charge in [0.25, 0.3) is 0 Å². The van der Waals surface area contributed by atoms with Crippen molar-refractivity contribution in [2.24, 2.45) is 5.92 Å². The second kappa shape index (κ2) is 5.61. The van der Waals surface area contributed by atoms with E-state index in [4.69, 9.17) is 0 Å². The third kappa shape index (κ3) is 2.37. The summed E-state index contributed by atoms with van der Waals surface area (Å²) in [5, 5.41) is 9.84. The normalized spacial score (nSPS) is 30.7. The van der Waals surface area contributed by atoms with Gasteiger partial charge in [0.1, 0.15) is 5.75 Å². The molecule has 1 heterocycles. The van der Waals surface area contributed by atoms with Crippen LogP contribution in [0.2, 0.25) is 0 Å². The lowest BCUT2D eigenvalue weighted by Gasteiger charge is -2.51. The van der Waals surface area contributed by atoms with E-state index in [1.807, 2.05) is 18.2 Å². The monoisotopic (exact) mass is 271 g/mol. The van der Waals surface area contributed by atoms with Gasteiger partial charge in [-0.3, -0.25) is 4.90 Å². The molecule has 2 fully saturated rings. The van der Waals surface area contributed by atoms with Crippen molar-refractivity contribution >= 4 is 0 Å². The van der Waals surface area contributed by atoms with Crippen molar-refractivity contribution in [1.29, 1.82) is 0 Å². The van der Waals surface area contributed by atoms with Gasteiger partial charge in [-0.1, -0.05) is 31.1 Å². The van der Waals surface area contributed by atoms with Crippen molar-refractivity contribution in [1.82, 2.24) is 4.90 Å². The predicted molar refractivity (Wildman–Crippen MR) is 83.0 cm³/mol. The first kappa shape index (κ1) is 13.7. The summed E-state index contributed by atoms with van der Waals surface area (Å²) >= 11 is 0.